The molecule has 0 aliphatic carbocycles. The number of carbonyl (C=O) groups excluding carboxylic acids is 4. The number of aromatic nitrogens is 2. The first-order chi connectivity index (χ1) is 16.8. The summed E-state index contributed by atoms with van der Waals surface area (Å²) in [6, 6.07) is 7.26. The highest BCUT2D eigenvalue weighted by Gasteiger charge is 2.31. The number of hydrogen-bond donors (Lipinski definition) is 4. The Kier molecular flexibility index (Phi) is 9.39. The maximum absolute atomic E-state index is 13.1. The lowest BCUT2D eigenvalue weighted by Gasteiger charge is -2.25. The summed E-state index contributed by atoms with van der Waals surface area (Å²) in [5, 5.41) is 15.0. The van der Waals surface area contributed by atoms with Crippen molar-refractivity contribution < 1.29 is 23.9 Å². The molecule has 4 N–H and O–H groups in total. The molecule has 1 aromatic carbocycles. The Hall–Kier alpha value is -3.69. The van der Waals surface area contributed by atoms with Gasteiger partial charge in [0.05, 0.1) is 12.2 Å². The first kappa shape index (κ1) is 25.9. The minimum atomic E-state index is -0.999. The Morgan fingerprint density at radius 2 is 1.91 bits per heavy atom. The predicted octanol–water partition coefficient (Wildman–Crippen LogP) is 1.80. The molecule has 10 heteroatoms. The number of rotatable bonds is 6. The summed E-state index contributed by atoms with van der Waals surface area (Å²) < 4.78 is 5.24. The van der Waals surface area contributed by atoms with Gasteiger partial charge in [-0.2, -0.15) is 5.10 Å². The van der Waals surface area contributed by atoms with Crippen molar-refractivity contribution in [2.75, 3.05) is 6.54 Å². The van der Waals surface area contributed by atoms with E-state index in [2.05, 4.69) is 26.1 Å². The SMILES string of the molecule is CC(C)C(NC(=O)OCc1ccccc1)C(=O)NC1CCCc2cn[nH]c2CCCNC(=O)C1=O. The van der Waals surface area contributed by atoms with Gasteiger partial charge >= 0.3 is 6.09 Å². The first-order valence-corrected chi connectivity index (χ1v) is 12.0. The molecule has 10 nitrogen and oxygen atoms in total. The summed E-state index contributed by atoms with van der Waals surface area (Å²) >= 11 is 0. The molecule has 2 unspecified atom stereocenters. The van der Waals surface area contributed by atoms with Crippen molar-refractivity contribution >= 4 is 23.7 Å². The molecule has 0 saturated heterocycles. The third-order valence-electron chi connectivity index (χ3n) is 5.93. The number of hydrogen-bond acceptors (Lipinski definition) is 6. The molecule has 1 aliphatic rings. The van der Waals surface area contributed by atoms with Gasteiger partial charge in [-0.25, -0.2) is 4.79 Å². The van der Waals surface area contributed by atoms with E-state index in [1.807, 2.05) is 30.3 Å². The topological polar surface area (TPSA) is 142 Å². The third kappa shape index (κ3) is 7.66. The van der Waals surface area contributed by atoms with E-state index in [4.69, 9.17) is 4.74 Å². The molecule has 0 bridgehead atoms. The van der Waals surface area contributed by atoms with Crippen LogP contribution in [-0.2, 0) is 38.6 Å². The maximum atomic E-state index is 13.1. The van der Waals surface area contributed by atoms with Crippen LogP contribution in [0.15, 0.2) is 36.5 Å². The summed E-state index contributed by atoms with van der Waals surface area (Å²) in [5.41, 5.74) is 2.90. The van der Waals surface area contributed by atoms with Crippen molar-refractivity contribution in [3.8, 4) is 0 Å². The zero-order chi connectivity index (χ0) is 25.2. The number of nitrogens with one attached hydrogen (secondary N) is 4. The zero-order valence-corrected chi connectivity index (χ0v) is 20.1. The molecule has 3 rings (SSSR count). The van der Waals surface area contributed by atoms with Gasteiger partial charge in [0.25, 0.3) is 5.91 Å². The Morgan fingerprint density at radius 3 is 2.66 bits per heavy atom. The lowest BCUT2D eigenvalue weighted by molar-refractivity contribution is -0.140. The molecule has 3 amide bonds. The molecule has 0 saturated carbocycles. The minimum Gasteiger partial charge on any atom is -0.445 e. The van der Waals surface area contributed by atoms with Crippen molar-refractivity contribution in [3.63, 3.8) is 0 Å². The minimum absolute atomic E-state index is 0.0659. The van der Waals surface area contributed by atoms with E-state index in [1.54, 1.807) is 20.0 Å². The van der Waals surface area contributed by atoms with Crippen LogP contribution in [0.3, 0.4) is 0 Å². The fourth-order valence-electron chi connectivity index (χ4n) is 3.94. The summed E-state index contributed by atoms with van der Waals surface area (Å²) in [5.74, 6) is -2.24. The Bertz CT molecular complexity index is 1020. The van der Waals surface area contributed by atoms with Gasteiger partial charge in [-0.05, 0) is 49.1 Å². The molecule has 2 aromatic rings. The van der Waals surface area contributed by atoms with E-state index < -0.39 is 35.8 Å². The van der Waals surface area contributed by atoms with Gasteiger partial charge in [0, 0.05) is 12.2 Å². The lowest BCUT2D eigenvalue weighted by Crippen LogP contribution is -2.55. The highest BCUT2D eigenvalue weighted by Crippen LogP contribution is 2.14. The smallest absolute Gasteiger partial charge is 0.408 e. The van der Waals surface area contributed by atoms with Gasteiger partial charge in [-0.15, -0.1) is 0 Å². The number of carbonyl (C=O) groups is 4. The average molecular weight is 484 g/mol. The highest BCUT2D eigenvalue weighted by atomic mass is 16.5. The van der Waals surface area contributed by atoms with Crippen LogP contribution in [0, 0.1) is 5.92 Å². The fourth-order valence-corrected chi connectivity index (χ4v) is 3.94. The van der Waals surface area contributed by atoms with Crippen molar-refractivity contribution in [1.29, 1.82) is 0 Å². The molecule has 35 heavy (non-hydrogen) atoms. The van der Waals surface area contributed by atoms with Crippen molar-refractivity contribution in [2.45, 2.75) is 64.6 Å². The predicted molar refractivity (Wildman–Crippen MR) is 128 cm³/mol. The van der Waals surface area contributed by atoms with Crippen LogP contribution < -0.4 is 16.0 Å². The number of aryl methyl sites for hydroxylation is 2. The van der Waals surface area contributed by atoms with E-state index in [0.717, 1.165) is 23.2 Å². The van der Waals surface area contributed by atoms with E-state index in [0.29, 0.717) is 25.8 Å². The second-order valence-corrected chi connectivity index (χ2v) is 8.98. The summed E-state index contributed by atoms with van der Waals surface area (Å²) in [4.78, 5) is 50.6. The van der Waals surface area contributed by atoms with Crippen LogP contribution >= 0.6 is 0 Å². The Balaban J connectivity index is 1.63. The molecule has 0 radical (unpaired) electrons. The summed E-state index contributed by atoms with van der Waals surface area (Å²) in [6.45, 7) is 3.96. The highest BCUT2D eigenvalue weighted by molar-refractivity contribution is 6.38. The number of Topliss-reactive ketones (excluding diaryl/α,β-unsaturated/α-hetero) is 1. The van der Waals surface area contributed by atoms with E-state index in [-0.39, 0.29) is 18.9 Å². The first-order valence-electron chi connectivity index (χ1n) is 12.0. The van der Waals surface area contributed by atoms with Crippen LogP contribution in [0.4, 0.5) is 4.79 Å². The molecular weight excluding hydrogens is 450 g/mol. The Labute approximate surface area is 204 Å². The second-order valence-electron chi connectivity index (χ2n) is 8.98. The van der Waals surface area contributed by atoms with E-state index in [1.165, 1.54) is 0 Å². The van der Waals surface area contributed by atoms with Gasteiger partial charge in [0.2, 0.25) is 11.7 Å². The van der Waals surface area contributed by atoms with Crippen molar-refractivity contribution in [1.82, 2.24) is 26.1 Å². The monoisotopic (exact) mass is 483 g/mol. The third-order valence-corrected chi connectivity index (χ3v) is 5.93. The van der Waals surface area contributed by atoms with Crippen LogP contribution in [0.2, 0.25) is 0 Å². The molecule has 188 valence electrons. The van der Waals surface area contributed by atoms with Gasteiger partial charge in [0.1, 0.15) is 12.6 Å². The Morgan fingerprint density at radius 1 is 1.14 bits per heavy atom. The summed E-state index contributed by atoms with van der Waals surface area (Å²) in [6.07, 6.45) is 3.96. The number of fused-ring (bicyclic) bond motifs is 1. The lowest BCUT2D eigenvalue weighted by atomic mass is 9.98. The van der Waals surface area contributed by atoms with Crippen LogP contribution in [0.1, 0.15) is 49.9 Å². The van der Waals surface area contributed by atoms with E-state index in [9.17, 15) is 19.2 Å². The standard InChI is InChI=1S/C25H33N5O5/c1-16(2)21(29-25(34)35-15-17-8-4-3-5-9-17)23(32)28-20-11-6-10-18-14-27-30-19(18)12-7-13-26-24(33)22(20)31/h3-5,8-9,14,16,20-21H,6-7,10-13,15H2,1-2H3,(H,26,33)(H,27,30)(H,28,32)(H,29,34). The van der Waals surface area contributed by atoms with E-state index >= 15 is 0 Å². The number of ketones is 1. The number of H-pyrrole nitrogens is 1. The molecule has 0 spiro atoms. The number of ether oxygens (including phenoxy) is 1. The van der Waals surface area contributed by atoms with Crippen LogP contribution in [0.5, 0.6) is 0 Å². The largest absolute Gasteiger partial charge is 0.445 e. The van der Waals surface area contributed by atoms with Crippen LogP contribution in [-0.4, -0.2) is 52.5 Å². The van der Waals surface area contributed by atoms with Gasteiger partial charge in [-0.1, -0.05) is 44.2 Å². The van der Waals surface area contributed by atoms with Crippen molar-refractivity contribution in [2.24, 2.45) is 5.92 Å². The number of benzene rings is 1. The summed E-state index contributed by atoms with van der Waals surface area (Å²) in [7, 11) is 0. The zero-order valence-electron chi connectivity index (χ0n) is 20.1. The van der Waals surface area contributed by atoms with Gasteiger partial charge in [-0.3, -0.25) is 19.5 Å². The van der Waals surface area contributed by atoms with Gasteiger partial charge < -0.3 is 20.7 Å². The molecule has 2 atom stereocenters. The average Bonchev–Trinajstić information content (AvgIpc) is 3.29. The molecule has 1 aromatic heterocycles. The normalized spacial score (nSPS) is 17.9. The quantitative estimate of drug-likeness (QED) is 0.462. The number of amides is 3. The molecule has 0 fully saturated rings. The molecule has 2 heterocycles. The van der Waals surface area contributed by atoms with Crippen molar-refractivity contribution in [3.05, 3.63) is 53.3 Å². The molecular formula is C25H33N5O5. The molecule has 1 aliphatic heterocycles. The second kappa shape index (κ2) is 12.7. The van der Waals surface area contributed by atoms with Crippen LogP contribution in [0.25, 0.3) is 0 Å². The number of aromatic amines is 1. The fraction of sp³-hybridized carbons (Fsp3) is 0.480. The number of alkyl carbamates (subject to hydrolysis) is 1. The number of nitrogens with zero attached hydrogens (tertiary/aromatic N) is 1. The maximum Gasteiger partial charge on any atom is 0.408 e. The van der Waals surface area contributed by atoms with Gasteiger partial charge in [0.15, 0.2) is 0 Å².